The summed E-state index contributed by atoms with van der Waals surface area (Å²) in [5.41, 5.74) is -0.216. The smallest absolute Gasteiger partial charge is 0.271 e. The molecule has 2 heterocycles. The summed E-state index contributed by atoms with van der Waals surface area (Å²) in [4.78, 5) is 16.6. The largest absolute Gasteiger partial charge is 0.376 e. The molecule has 1 aliphatic carbocycles. The minimum Gasteiger partial charge on any atom is -0.376 e. The quantitative estimate of drug-likeness (QED) is 0.888. The van der Waals surface area contributed by atoms with Crippen molar-refractivity contribution in [2.75, 3.05) is 20.3 Å². The molecule has 24 heavy (non-hydrogen) atoms. The van der Waals surface area contributed by atoms with Crippen LogP contribution in [0.15, 0.2) is 6.20 Å². The van der Waals surface area contributed by atoms with Gasteiger partial charge in [0.2, 0.25) is 6.43 Å². The van der Waals surface area contributed by atoms with E-state index < -0.39 is 17.9 Å². The van der Waals surface area contributed by atoms with Crippen LogP contribution >= 0.6 is 0 Å². The van der Waals surface area contributed by atoms with Gasteiger partial charge in [-0.05, 0) is 25.7 Å². The number of aromatic nitrogens is 2. The first-order valence-corrected chi connectivity index (χ1v) is 8.28. The molecule has 1 aromatic rings. The second-order valence-corrected chi connectivity index (χ2v) is 6.53. The van der Waals surface area contributed by atoms with Crippen molar-refractivity contribution in [3.05, 3.63) is 17.7 Å². The highest BCUT2D eigenvalue weighted by molar-refractivity contribution is 5.92. The van der Waals surface area contributed by atoms with E-state index in [4.69, 9.17) is 9.47 Å². The summed E-state index contributed by atoms with van der Waals surface area (Å²) < 4.78 is 38.4. The third-order valence-corrected chi connectivity index (χ3v) is 5.10. The predicted octanol–water partition coefficient (Wildman–Crippen LogP) is 1.98. The predicted molar refractivity (Wildman–Crippen MR) is 81.9 cm³/mol. The molecule has 0 radical (unpaired) electrons. The number of rotatable bonds is 5. The van der Waals surface area contributed by atoms with E-state index in [0.29, 0.717) is 57.7 Å². The fourth-order valence-electron chi connectivity index (χ4n) is 3.40. The number of nitrogens with one attached hydrogen (secondary N) is 1. The normalized spacial score (nSPS) is 27.1. The Hall–Kier alpha value is -1.54. The number of hydrogen-bond acceptors (Lipinski definition) is 4. The number of fused-ring (bicyclic) bond motifs is 1. The fraction of sp³-hybridized carbons (Fsp3) is 0.750. The molecule has 1 saturated carbocycles. The topological polar surface area (TPSA) is 65.4 Å². The van der Waals surface area contributed by atoms with Gasteiger partial charge in [0.15, 0.2) is 0 Å². The van der Waals surface area contributed by atoms with Gasteiger partial charge in [-0.15, -0.1) is 0 Å². The number of nitrogens with zero attached hydrogens (tertiary/aromatic N) is 2. The van der Waals surface area contributed by atoms with Crippen molar-refractivity contribution in [3.63, 3.8) is 0 Å². The summed E-state index contributed by atoms with van der Waals surface area (Å²) >= 11 is 0. The number of ether oxygens (including phenoxy) is 2. The molecule has 8 heteroatoms. The Morgan fingerprint density at radius 1 is 1.54 bits per heavy atom. The van der Waals surface area contributed by atoms with Crippen LogP contribution in [0, 0.1) is 5.92 Å². The standard InChI is InChI=1S/C16H23F2N3O3/c1-23-16(4-2-11(3-5-16)14(17)18)10-19-15(22)12-8-21-6-7-24-9-13(21)20-12/h8,11,14H,2-7,9-10H2,1H3,(H,19,22). The summed E-state index contributed by atoms with van der Waals surface area (Å²) in [7, 11) is 1.57. The van der Waals surface area contributed by atoms with Gasteiger partial charge < -0.3 is 19.4 Å². The van der Waals surface area contributed by atoms with Crippen molar-refractivity contribution < 1.29 is 23.0 Å². The number of hydrogen-bond donors (Lipinski definition) is 1. The van der Waals surface area contributed by atoms with Crippen molar-refractivity contribution >= 4 is 5.91 Å². The third-order valence-electron chi connectivity index (χ3n) is 5.10. The van der Waals surface area contributed by atoms with Crippen molar-refractivity contribution in [3.8, 4) is 0 Å². The van der Waals surface area contributed by atoms with Gasteiger partial charge in [-0.2, -0.15) is 0 Å². The van der Waals surface area contributed by atoms with Gasteiger partial charge in [0.1, 0.15) is 18.1 Å². The molecule has 1 aromatic heterocycles. The van der Waals surface area contributed by atoms with Gasteiger partial charge in [0.25, 0.3) is 5.91 Å². The van der Waals surface area contributed by atoms with Crippen molar-refractivity contribution in [2.45, 2.75) is 50.9 Å². The Bertz CT molecular complexity index is 560. The van der Waals surface area contributed by atoms with E-state index in [2.05, 4.69) is 10.3 Å². The van der Waals surface area contributed by atoms with Crippen LogP contribution in [0.4, 0.5) is 8.78 Å². The van der Waals surface area contributed by atoms with Gasteiger partial charge in [0.05, 0.1) is 12.2 Å². The van der Waals surface area contributed by atoms with Gasteiger partial charge >= 0.3 is 0 Å². The minimum atomic E-state index is -2.28. The molecule has 1 fully saturated rings. The van der Waals surface area contributed by atoms with E-state index in [-0.39, 0.29) is 5.91 Å². The van der Waals surface area contributed by atoms with Crippen LogP contribution in [-0.2, 0) is 22.6 Å². The molecular weight excluding hydrogens is 320 g/mol. The van der Waals surface area contributed by atoms with Crippen molar-refractivity contribution in [1.82, 2.24) is 14.9 Å². The van der Waals surface area contributed by atoms with E-state index >= 15 is 0 Å². The molecule has 0 unspecified atom stereocenters. The van der Waals surface area contributed by atoms with Crippen LogP contribution < -0.4 is 5.32 Å². The molecule has 3 rings (SSSR count). The van der Waals surface area contributed by atoms with E-state index in [9.17, 15) is 13.6 Å². The molecule has 0 atom stereocenters. The zero-order valence-corrected chi connectivity index (χ0v) is 13.8. The number of alkyl halides is 2. The lowest BCUT2D eigenvalue weighted by atomic mass is 9.78. The lowest BCUT2D eigenvalue weighted by Crippen LogP contribution is -2.47. The zero-order chi connectivity index (χ0) is 17.2. The molecular formula is C16H23F2N3O3. The molecule has 1 N–H and O–H groups in total. The van der Waals surface area contributed by atoms with Gasteiger partial charge in [0, 0.05) is 32.3 Å². The van der Waals surface area contributed by atoms with Gasteiger partial charge in [-0.1, -0.05) is 0 Å². The zero-order valence-electron chi connectivity index (χ0n) is 13.8. The molecule has 2 aliphatic rings. The van der Waals surface area contributed by atoms with E-state index in [1.165, 1.54) is 0 Å². The van der Waals surface area contributed by atoms with Gasteiger partial charge in [-0.25, -0.2) is 13.8 Å². The molecule has 0 spiro atoms. The van der Waals surface area contributed by atoms with E-state index in [0.717, 1.165) is 5.82 Å². The molecule has 6 nitrogen and oxygen atoms in total. The molecule has 0 saturated heterocycles. The van der Waals surface area contributed by atoms with Crippen molar-refractivity contribution in [2.24, 2.45) is 5.92 Å². The number of amides is 1. The lowest BCUT2D eigenvalue weighted by molar-refractivity contribution is -0.0654. The first-order chi connectivity index (χ1) is 11.5. The van der Waals surface area contributed by atoms with Crippen LogP contribution in [0.1, 0.15) is 42.0 Å². The van der Waals surface area contributed by atoms with E-state index in [1.54, 1.807) is 13.3 Å². The highest BCUT2D eigenvalue weighted by Gasteiger charge is 2.38. The monoisotopic (exact) mass is 343 g/mol. The summed E-state index contributed by atoms with van der Waals surface area (Å²) in [6.07, 6.45) is 1.31. The average molecular weight is 343 g/mol. The third kappa shape index (κ3) is 3.59. The SMILES string of the molecule is COC1(CNC(=O)c2cn3c(n2)COCC3)CCC(C(F)F)CC1. The number of carbonyl (C=O) groups excluding carboxylic acids is 1. The van der Waals surface area contributed by atoms with Crippen LogP contribution in [0.2, 0.25) is 0 Å². The molecule has 0 bridgehead atoms. The van der Waals surface area contributed by atoms with Crippen LogP contribution in [0.3, 0.4) is 0 Å². The maximum absolute atomic E-state index is 12.8. The maximum atomic E-state index is 12.8. The Kier molecular flexibility index (Phi) is 5.15. The summed E-state index contributed by atoms with van der Waals surface area (Å²) in [5, 5.41) is 2.85. The van der Waals surface area contributed by atoms with Crippen LogP contribution in [-0.4, -0.2) is 47.7 Å². The Morgan fingerprint density at radius 3 is 2.92 bits per heavy atom. The van der Waals surface area contributed by atoms with E-state index in [1.807, 2.05) is 4.57 Å². The average Bonchev–Trinajstić information content (AvgIpc) is 3.04. The molecule has 0 aromatic carbocycles. The van der Waals surface area contributed by atoms with Gasteiger partial charge in [-0.3, -0.25) is 4.79 Å². The number of imidazole rings is 1. The number of halogens is 2. The number of carbonyl (C=O) groups is 1. The number of methoxy groups -OCH3 is 1. The van der Waals surface area contributed by atoms with Crippen LogP contribution in [0.5, 0.6) is 0 Å². The maximum Gasteiger partial charge on any atom is 0.271 e. The highest BCUT2D eigenvalue weighted by atomic mass is 19.3. The summed E-state index contributed by atoms with van der Waals surface area (Å²) in [6.45, 7) is 2.01. The molecule has 134 valence electrons. The first kappa shape index (κ1) is 17.3. The first-order valence-electron chi connectivity index (χ1n) is 8.28. The van der Waals surface area contributed by atoms with Crippen LogP contribution in [0.25, 0.3) is 0 Å². The molecule has 1 amide bonds. The Labute approximate surface area is 139 Å². The highest BCUT2D eigenvalue weighted by Crippen LogP contribution is 2.36. The second-order valence-electron chi connectivity index (χ2n) is 6.53. The van der Waals surface area contributed by atoms with Crippen molar-refractivity contribution in [1.29, 1.82) is 0 Å². The Morgan fingerprint density at radius 2 is 2.29 bits per heavy atom. The minimum absolute atomic E-state index is 0.274. The fourth-order valence-corrected chi connectivity index (χ4v) is 3.40. The summed E-state index contributed by atoms with van der Waals surface area (Å²) in [5.74, 6) is -0.0987. The second kappa shape index (κ2) is 7.14. The molecule has 1 aliphatic heterocycles. The Balaban J connectivity index is 1.57. The summed E-state index contributed by atoms with van der Waals surface area (Å²) in [6, 6.07) is 0. The lowest BCUT2D eigenvalue weighted by Gasteiger charge is -2.38.